The molecule has 3 atom stereocenters. The Balaban J connectivity index is 1.59. The van der Waals surface area contributed by atoms with Crippen molar-refractivity contribution in [1.82, 2.24) is 14.7 Å². The molecule has 2 aliphatic rings. The summed E-state index contributed by atoms with van der Waals surface area (Å²) in [6.07, 6.45) is 7.54. The monoisotopic (exact) mass is 235 g/mol. The largest absolute Gasteiger partial charge is 0.374 e. The molecule has 4 heteroatoms. The average Bonchev–Trinajstić information content (AvgIpc) is 2.83. The molecular weight excluding hydrogens is 214 g/mol. The molecule has 0 bridgehead atoms. The first-order valence-corrected chi connectivity index (χ1v) is 6.56. The maximum atomic E-state index is 5.98. The molecule has 1 aromatic heterocycles. The third-order valence-electron chi connectivity index (χ3n) is 3.99. The first-order valence-electron chi connectivity index (χ1n) is 6.56. The van der Waals surface area contributed by atoms with E-state index in [2.05, 4.69) is 23.1 Å². The molecule has 2 saturated heterocycles. The van der Waals surface area contributed by atoms with Crippen molar-refractivity contribution in [3.8, 4) is 0 Å². The average molecular weight is 235 g/mol. The standard InChI is InChI=1S/C13H21N3O/c1-10-5-12-3-4-16(9-13(12)17-10)8-11-6-14-15(2)7-11/h6-7,10,12-13H,3-5,8-9H2,1-2H3/t10-,12-,13+/m1/s1. The fourth-order valence-electron chi connectivity index (χ4n) is 3.19. The number of hydrogen-bond acceptors (Lipinski definition) is 3. The van der Waals surface area contributed by atoms with Gasteiger partial charge in [-0.15, -0.1) is 0 Å². The Morgan fingerprint density at radius 1 is 1.53 bits per heavy atom. The van der Waals surface area contributed by atoms with Crippen LogP contribution >= 0.6 is 0 Å². The van der Waals surface area contributed by atoms with E-state index in [0.717, 1.165) is 19.0 Å². The molecule has 0 spiro atoms. The van der Waals surface area contributed by atoms with E-state index in [1.165, 1.54) is 24.9 Å². The molecule has 2 fully saturated rings. The molecule has 0 aromatic carbocycles. The molecule has 4 nitrogen and oxygen atoms in total. The summed E-state index contributed by atoms with van der Waals surface area (Å²) in [4.78, 5) is 2.50. The third kappa shape index (κ3) is 2.38. The van der Waals surface area contributed by atoms with Crippen molar-refractivity contribution in [2.75, 3.05) is 13.1 Å². The van der Waals surface area contributed by atoms with Crippen molar-refractivity contribution in [2.24, 2.45) is 13.0 Å². The second-order valence-electron chi connectivity index (χ2n) is 5.53. The SMILES string of the molecule is C[C@@H]1C[C@H]2CCN(Cc3cnn(C)c3)C[C@@H]2O1. The van der Waals surface area contributed by atoms with Gasteiger partial charge in [-0.3, -0.25) is 9.58 Å². The van der Waals surface area contributed by atoms with Crippen LogP contribution in [0.15, 0.2) is 12.4 Å². The fourth-order valence-corrected chi connectivity index (χ4v) is 3.19. The second kappa shape index (κ2) is 4.42. The molecule has 0 N–H and O–H groups in total. The molecule has 94 valence electrons. The van der Waals surface area contributed by atoms with Gasteiger partial charge in [0.15, 0.2) is 0 Å². The maximum Gasteiger partial charge on any atom is 0.0735 e. The molecule has 17 heavy (non-hydrogen) atoms. The first-order chi connectivity index (χ1) is 8.20. The molecule has 1 aromatic rings. The van der Waals surface area contributed by atoms with Gasteiger partial charge in [-0.05, 0) is 32.2 Å². The summed E-state index contributed by atoms with van der Waals surface area (Å²) in [6, 6.07) is 0. The molecule has 0 radical (unpaired) electrons. The highest BCUT2D eigenvalue weighted by molar-refractivity contribution is 5.04. The number of piperidine rings is 1. The highest BCUT2D eigenvalue weighted by Crippen LogP contribution is 2.33. The van der Waals surface area contributed by atoms with Crippen molar-refractivity contribution in [1.29, 1.82) is 0 Å². The van der Waals surface area contributed by atoms with Crippen LogP contribution in [0.4, 0.5) is 0 Å². The number of aromatic nitrogens is 2. The van der Waals surface area contributed by atoms with Crippen LogP contribution in [0.1, 0.15) is 25.3 Å². The summed E-state index contributed by atoms with van der Waals surface area (Å²) in [7, 11) is 1.97. The number of fused-ring (bicyclic) bond motifs is 1. The molecular formula is C13H21N3O. The summed E-state index contributed by atoms with van der Waals surface area (Å²) < 4.78 is 7.85. The summed E-state index contributed by atoms with van der Waals surface area (Å²) >= 11 is 0. The number of rotatable bonds is 2. The van der Waals surface area contributed by atoms with Crippen molar-refractivity contribution in [3.05, 3.63) is 18.0 Å². The van der Waals surface area contributed by atoms with E-state index in [4.69, 9.17) is 4.74 Å². The van der Waals surface area contributed by atoms with E-state index in [9.17, 15) is 0 Å². The smallest absolute Gasteiger partial charge is 0.0735 e. The molecule has 3 heterocycles. The van der Waals surface area contributed by atoms with E-state index in [1.807, 2.05) is 17.9 Å². The zero-order valence-corrected chi connectivity index (χ0v) is 10.7. The van der Waals surface area contributed by atoms with Gasteiger partial charge in [0.05, 0.1) is 18.4 Å². The van der Waals surface area contributed by atoms with Crippen molar-refractivity contribution in [2.45, 2.75) is 38.5 Å². The normalized spacial score (nSPS) is 33.9. The van der Waals surface area contributed by atoms with Crippen LogP contribution in [0.25, 0.3) is 0 Å². The Hall–Kier alpha value is -0.870. The van der Waals surface area contributed by atoms with E-state index in [0.29, 0.717) is 12.2 Å². The van der Waals surface area contributed by atoms with Gasteiger partial charge in [-0.2, -0.15) is 5.10 Å². The lowest BCUT2D eigenvalue weighted by molar-refractivity contribution is -0.00276. The number of ether oxygens (including phenoxy) is 1. The predicted molar refractivity (Wildman–Crippen MR) is 65.5 cm³/mol. The summed E-state index contributed by atoms with van der Waals surface area (Å²) in [5.74, 6) is 0.801. The Labute approximate surface area is 103 Å². The topological polar surface area (TPSA) is 30.3 Å². The van der Waals surface area contributed by atoms with Gasteiger partial charge < -0.3 is 4.74 Å². The second-order valence-corrected chi connectivity index (χ2v) is 5.53. The zero-order valence-electron chi connectivity index (χ0n) is 10.7. The predicted octanol–water partition coefficient (Wildman–Crippen LogP) is 1.42. The van der Waals surface area contributed by atoms with Gasteiger partial charge in [0.25, 0.3) is 0 Å². The highest BCUT2D eigenvalue weighted by Gasteiger charge is 2.37. The molecule has 3 rings (SSSR count). The van der Waals surface area contributed by atoms with Gasteiger partial charge in [-0.1, -0.05) is 0 Å². The molecule has 0 aliphatic carbocycles. The number of nitrogens with zero attached hydrogens (tertiary/aromatic N) is 3. The van der Waals surface area contributed by atoms with E-state index in [1.54, 1.807) is 0 Å². The van der Waals surface area contributed by atoms with E-state index >= 15 is 0 Å². The van der Waals surface area contributed by atoms with Crippen molar-refractivity contribution < 1.29 is 4.74 Å². The minimum absolute atomic E-state index is 0.461. The summed E-state index contributed by atoms with van der Waals surface area (Å²) in [5.41, 5.74) is 1.30. The Morgan fingerprint density at radius 3 is 3.18 bits per heavy atom. The first kappa shape index (κ1) is 11.2. The molecule has 2 aliphatic heterocycles. The minimum atomic E-state index is 0.461. The zero-order chi connectivity index (χ0) is 11.8. The van der Waals surface area contributed by atoms with E-state index in [-0.39, 0.29) is 0 Å². The summed E-state index contributed by atoms with van der Waals surface area (Å²) in [6.45, 7) is 5.49. The van der Waals surface area contributed by atoms with Gasteiger partial charge >= 0.3 is 0 Å². The van der Waals surface area contributed by atoms with Crippen molar-refractivity contribution >= 4 is 0 Å². The molecule has 0 amide bonds. The third-order valence-corrected chi connectivity index (χ3v) is 3.99. The number of hydrogen-bond donors (Lipinski definition) is 0. The Morgan fingerprint density at radius 2 is 2.41 bits per heavy atom. The van der Waals surface area contributed by atoms with Crippen LogP contribution in [0, 0.1) is 5.92 Å². The number of likely N-dealkylation sites (tertiary alicyclic amines) is 1. The summed E-state index contributed by atoms with van der Waals surface area (Å²) in [5, 5.41) is 4.22. The fraction of sp³-hybridized carbons (Fsp3) is 0.769. The number of aryl methyl sites for hydroxylation is 1. The quantitative estimate of drug-likeness (QED) is 0.776. The van der Waals surface area contributed by atoms with Crippen LogP contribution in [0.5, 0.6) is 0 Å². The van der Waals surface area contributed by atoms with Gasteiger partial charge in [-0.25, -0.2) is 0 Å². The van der Waals surface area contributed by atoms with Crippen LogP contribution in [0.3, 0.4) is 0 Å². The lowest BCUT2D eigenvalue weighted by atomic mass is 9.92. The lowest BCUT2D eigenvalue weighted by Gasteiger charge is -2.33. The van der Waals surface area contributed by atoms with Crippen LogP contribution < -0.4 is 0 Å². The molecule has 0 saturated carbocycles. The minimum Gasteiger partial charge on any atom is -0.374 e. The van der Waals surface area contributed by atoms with Gasteiger partial charge in [0, 0.05) is 31.9 Å². The van der Waals surface area contributed by atoms with Crippen LogP contribution in [0.2, 0.25) is 0 Å². The van der Waals surface area contributed by atoms with Crippen molar-refractivity contribution in [3.63, 3.8) is 0 Å². The Bertz CT molecular complexity index is 390. The van der Waals surface area contributed by atoms with Gasteiger partial charge in [0.2, 0.25) is 0 Å². The molecule has 0 unspecified atom stereocenters. The van der Waals surface area contributed by atoms with Crippen LogP contribution in [-0.4, -0.2) is 40.0 Å². The van der Waals surface area contributed by atoms with Gasteiger partial charge in [0.1, 0.15) is 0 Å². The van der Waals surface area contributed by atoms with E-state index < -0.39 is 0 Å². The highest BCUT2D eigenvalue weighted by atomic mass is 16.5. The van der Waals surface area contributed by atoms with Crippen LogP contribution in [-0.2, 0) is 18.3 Å². The Kier molecular flexibility index (Phi) is 2.92. The lowest BCUT2D eigenvalue weighted by Crippen LogP contribution is -2.41. The maximum absolute atomic E-state index is 5.98.